The summed E-state index contributed by atoms with van der Waals surface area (Å²) in [7, 11) is 0. The predicted octanol–water partition coefficient (Wildman–Crippen LogP) is 1.04. The Kier molecular flexibility index (Phi) is 7.26. The first kappa shape index (κ1) is 20.0. The van der Waals surface area contributed by atoms with Crippen LogP contribution < -0.4 is 16.0 Å². The number of rotatable bonds is 8. The molecule has 0 aliphatic carbocycles. The van der Waals surface area contributed by atoms with Crippen LogP contribution in [0.2, 0.25) is 0 Å². The molecule has 1 aliphatic heterocycles. The topological polar surface area (TPSA) is 111 Å². The zero-order chi connectivity index (χ0) is 19.1. The third-order valence-corrected chi connectivity index (χ3v) is 4.47. The quantitative estimate of drug-likeness (QED) is 0.443. The van der Waals surface area contributed by atoms with Crippen LogP contribution in [0.25, 0.3) is 0 Å². The van der Waals surface area contributed by atoms with Crippen LogP contribution in [0.4, 0.5) is 0 Å². The second kappa shape index (κ2) is 9.43. The molecule has 0 radical (unpaired) electrons. The van der Waals surface area contributed by atoms with Crippen molar-refractivity contribution in [1.29, 1.82) is 0 Å². The molecule has 0 spiro atoms. The highest BCUT2D eigenvalue weighted by Crippen LogP contribution is 2.24. The Morgan fingerprint density at radius 1 is 1.27 bits per heavy atom. The molecular weight excluding hydrogens is 334 g/mol. The molecule has 5 N–H and O–H groups in total. The van der Waals surface area contributed by atoms with Crippen LogP contribution in [-0.4, -0.2) is 47.2 Å². The van der Waals surface area contributed by atoms with Gasteiger partial charge in [-0.15, -0.1) is 0 Å². The maximum absolute atomic E-state index is 12.5. The summed E-state index contributed by atoms with van der Waals surface area (Å²) in [5, 5.41) is 27.7. The van der Waals surface area contributed by atoms with Crippen molar-refractivity contribution in [3.05, 3.63) is 23.8 Å². The van der Waals surface area contributed by atoms with Crippen molar-refractivity contribution in [3.63, 3.8) is 0 Å². The molecule has 144 valence electrons. The van der Waals surface area contributed by atoms with Crippen LogP contribution in [0.1, 0.15) is 38.7 Å². The Morgan fingerprint density at radius 2 is 2.04 bits per heavy atom. The van der Waals surface area contributed by atoms with Crippen molar-refractivity contribution in [2.45, 2.75) is 51.6 Å². The van der Waals surface area contributed by atoms with E-state index in [1.807, 2.05) is 13.8 Å². The SMILES string of the molecule is CC(C)C[C@H](NC(=O)[C@H]1CCCN1)C(=O)NCCc1ccc(O)c(O)c1. The van der Waals surface area contributed by atoms with E-state index in [2.05, 4.69) is 16.0 Å². The van der Waals surface area contributed by atoms with Gasteiger partial charge in [0.15, 0.2) is 11.5 Å². The van der Waals surface area contributed by atoms with Crippen molar-refractivity contribution >= 4 is 11.8 Å². The minimum atomic E-state index is -0.557. The van der Waals surface area contributed by atoms with Gasteiger partial charge in [-0.05, 0) is 55.8 Å². The van der Waals surface area contributed by atoms with E-state index >= 15 is 0 Å². The maximum Gasteiger partial charge on any atom is 0.242 e. The highest BCUT2D eigenvalue weighted by atomic mass is 16.3. The second-order valence-electron chi connectivity index (χ2n) is 7.20. The van der Waals surface area contributed by atoms with E-state index in [4.69, 9.17) is 0 Å². The Balaban J connectivity index is 1.86. The summed E-state index contributed by atoms with van der Waals surface area (Å²) in [5.41, 5.74) is 0.806. The van der Waals surface area contributed by atoms with Gasteiger partial charge in [0.25, 0.3) is 0 Å². The predicted molar refractivity (Wildman–Crippen MR) is 98.9 cm³/mol. The first-order valence-corrected chi connectivity index (χ1v) is 9.19. The van der Waals surface area contributed by atoms with Crippen LogP contribution >= 0.6 is 0 Å². The molecule has 1 saturated heterocycles. The number of aromatic hydroxyl groups is 2. The van der Waals surface area contributed by atoms with Gasteiger partial charge in [-0.3, -0.25) is 9.59 Å². The second-order valence-corrected chi connectivity index (χ2v) is 7.20. The number of phenols is 2. The van der Waals surface area contributed by atoms with Gasteiger partial charge in [0.05, 0.1) is 6.04 Å². The van der Waals surface area contributed by atoms with Crippen LogP contribution in [0, 0.1) is 5.92 Å². The number of amides is 2. The lowest BCUT2D eigenvalue weighted by Gasteiger charge is -2.22. The van der Waals surface area contributed by atoms with Gasteiger partial charge in [0.2, 0.25) is 11.8 Å². The average Bonchev–Trinajstić information content (AvgIpc) is 3.11. The molecule has 1 aliphatic rings. The van der Waals surface area contributed by atoms with Gasteiger partial charge < -0.3 is 26.2 Å². The number of nitrogens with one attached hydrogen (secondary N) is 3. The molecule has 1 aromatic rings. The summed E-state index contributed by atoms with van der Waals surface area (Å²) in [6, 6.07) is 3.82. The summed E-state index contributed by atoms with van der Waals surface area (Å²) in [6.07, 6.45) is 2.86. The summed E-state index contributed by atoms with van der Waals surface area (Å²) >= 11 is 0. The fourth-order valence-electron chi connectivity index (χ4n) is 3.06. The zero-order valence-electron chi connectivity index (χ0n) is 15.4. The molecule has 2 atom stereocenters. The Hall–Kier alpha value is -2.28. The molecule has 1 aromatic carbocycles. The largest absolute Gasteiger partial charge is 0.504 e. The highest BCUT2D eigenvalue weighted by molar-refractivity contribution is 5.89. The van der Waals surface area contributed by atoms with Crippen molar-refractivity contribution < 1.29 is 19.8 Å². The fourth-order valence-corrected chi connectivity index (χ4v) is 3.06. The minimum Gasteiger partial charge on any atom is -0.504 e. The number of hydrogen-bond donors (Lipinski definition) is 5. The third-order valence-electron chi connectivity index (χ3n) is 4.47. The first-order chi connectivity index (χ1) is 12.4. The van der Waals surface area contributed by atoms with Crippen LogP contribution in [0.5, 0.6) is 11.5 Å². The molecule has 2 amide bonds. The van der Waals surface area contributed by atoms with Gasteiger partial charge in [0.1, 0.15) is 6.04 Å². The molecule has 7 heteroatoms. The summed E-state index contributed by atoms with van der Waals surface area (Å²) in [6.45, 7) is 5.24. The third kappa shape index (κ3) is 5.91. The van der Waals surface area contributed by atoms with Crippen LogP contribution in [0.15, 0.2) is 18.2 Å². The number of carbonyl (C=O) groups excluding carboxylic acids is 2. The number of hydrogen-bond acceptors (Lipinski definition) is 5. The van der Waals surface area contributed by atoms with E-state index in [1.165, 1.54) is 12.1 Å². The standard InChI is InChI=1S/C19H29N3O4/c1-12(2)10-15(22-19(26)14-4-3-8-20-14)18(25)21-9-7-13-5-6-16(23)17(24)11-13/h5-6,11-12,14-15,20,23-24H,3-4,7-10H2,1-2H3,(H,21,25)(H,22,26)/t14-,15+/m1/s1. The molecule has 7 nitrogen and oxygen atoms in total. The Bertz CT molecular complexity index is 627. The van der Waals surface area contributed by atoms with Gasteiger partial charge >= 0.3 is 0 Å². The fraction of sp³-hybridized carbons (Fsp3) is 0.579. The molecule has 1 fully saturated rings. The van der Waals surface area contributed by atoms with Crippen molar-refractivity contribution in [2.75, 3.05) is 13.1 Å². The smallest absolute Gasteiger partial charge is 0.242 e. The molecule has 0 unspecified atom stereocenters. The molecule has 0 bridgehead atoms. The normalized spacial score (nSPS) is 17.9. The molecule has 0 aromatic heterocycles. The van der Waals surface area contributed by atoms with Gasteiger partial charge in [0, 0.05) is 6.54 Å². The molecule has 0 saturated carbocycles. The number of carbonyl (C=O) groups is 2. The average molecular weight is 363 g/mol. The lowest BCUT2D eigenvalue weighted by atomic mass is 10.0. The van der Waals surface area contributed by atoms with Crippen LogP contribution in [-0.2, 0) is 16.0 Å². The van der Waals surface area contributed by atoms with Crippen molar-refractivity contribution in [1.82, 2.24) is 16.0 Å². The summed E-state index contributed by atoms with van der Waals surface area (Å²) < 4.78 is 0. The van der Waals surface area contributed by atoms with E-state index in [1.54, 1.807) is 6.07 Å². The highest BCUT2D eigenvalue weighted by Gasteiger charge is 2.27. The lowest BCUT2D eigenvalue weighted by molar-refractivity contribution is -0.130. The molecular formula is C19H29N3O4. The van der Waals surface area contributed by atoms with Crippen molar-refractivity contribution in [3.8, 4) is 11.5 Å². The van der Waals surface area contributed by atoms with Crippen molar-refractivity contribution in [2.24, 2.45) is 5.92 Å². The zero-order valence-corrected chi connectivity index (χ0v) is 15.4. The number of benzene rings is 1. The monoisotopic (exact) mass is 363 g/mol. The summed E-state index contributed by atoms with van der Waals surface area (Å²) in [5.74, 6) is -0.391. The van der Waals surface area contributed by atoms with Gasteiger partial charge in [-0.25, -0.2) is 0 Å². The first-order valence-electron chi connectivity index (χ1n) is 9.19. The van der Waals surface area contributed by atoms with Gasteiger partial charge in [-0.1, -0.05) is 19.9 Å². The molecule has 1 heterocycles. The van der Waals surface area contributed by atoms with E-state index in [9.17, 15) is 19.8 Å². The Morgan fingerprint density at radius 3 is 2.65 bits per heavy atom. The maximum atomic E-state index is 12.5. The number of phenolic OH excluding ortho intramolecular Hbond substituents is 2. The van der Waals surface area contributed by atoms with E-state index < -0.39 is 6.04 Å². The van der Waals surface area contributed by atoms with Gasteiger partial charge in [-0.2, -0.15) is 0 Å². The minimum absolute atomic E-state index is 0.119. The van der Waals surface area contributed by atoms with E-state index in [0.29, 0.717) is 19.4 Å². The lowest BCUT2D eigenvalue weighted by Crippen LogP contribution is -2.52. The Labute approximate surface area is 154 Å². The molecule has 26 heavy (non-hydrogen) atoms. The summed E-state index contributed by atoms with van der Waals surface area (Å²) in [4.78, 5) is 24.8. The molecule has 2 rings (SSSR count). The van der Waals surface area contributed by atoms with Crippen LogP contribution in [0.3, 0.4) is 0 Å². The van der Waals surface area contributed by atoms with E-state index in [-0.39, 0.29) is 35.3 Å². The van der Waals surface area contributed by atoms with E-state index in [0.717, 1.165) is 24.9 Å².